The highest BCUT2D eigenvalue weighted by atomic mass is 32.2. The number of hydrogen-bond acceptors (Lipinski definition) is 4. The van der Waals surface area contributed by atoms with Crippen LogP contribution in [-0.2, 0) is 21.3 Å². The summed E-state index contributed by atoms with van der Waals surface area (Å²) in [6.07, 6.45) is -1.29. The van der Waals surface area contributed by atoms with Crippen LogP contribution in [0.2, 0.25) is 0 Å². The minimum atomic E-state index is -4.00. The van der Waals surface area contributed by atoms with Crippen LogP contribution in [0.1, 0.15) is 25.0 Å². The summed E-state index contributed by atoms with van der Waals surface area (Å²) in [6, 6.07) is 15.3. The number of carbonyl (C=O) groups is 1. The monoisotopic (exact) mass is 347 g/mol. The summed E-state index contributed by atoms with van der Waals surface area (Å²) in [5, 5.41) is 0. The number of benzene rings is 2. The van der Waals surface area contributed by atoms with Crippen molar-refractivity contribution in [2.45, 2.75) is 38.3 Å². The number of rotatable bonds is 5. The Kier molecular flexibility index (Phi) is 5.62. The highest BCUT2D eigenvalue weighted by molar-refractivity contribution is 7.89. The number of hydrogen-bond donors (Lipinski definition) is 0. The first-order valence-electron chi connectivity index (χ1n) is 7.64. The van der Waals surface area contributed by atoms with Crippen molar-refractivity contribution in [1.29, 1.82) is 0 Å². The predicted molar refractivity (Wildman–Crippen MR) is 92.0 cm³/mol. The largest absolute Gasteiger partial charge is 0.446 e. The Labute approximate surface area is 142 Å². The van der Waals surface area contributed by atoms with Crippen molar-refractivity contribution < 1.29 is 17.9 Å². The third-order valence-corrected chi connectivity index (χ3v) is 5.04. The van der Waals surface area contributed by atoms with Gasteiger partial charge in [0, 0.05) is 0 Å². The maximum absolute atomic E-state index is 12.9. The van der Waals surface area contributed by atoms with Crippen LogP contribution in [0.3, 0.4) is 0 Å². The number of aryl methyl sites for hydroxylation is 1. The normalized spacial score (nSPS) is 11.3. The fraction of sp³-hybridized carbons (Fsp3) is 0.278. The van der Waals surface area contributed by atoms with Crippen LogP contribution < -0.4 is 0 Å². The summed E-state index contributed by atoms with van der Waals surface area (Å²) in [6.45, 7) is 5.14. The van der Waals surface area contributed by atoms with E-state index < -0.39 is 22.2 Å². The van der Waals surface area contributed by atoms with Crippen molar-refractivity contribution in [3.05, 3.63) is 65.7 Å². The lowest BCUT2D eigenvalue weighted by Crippen LogP contribution is -2.38. The molecule has 0 bridgehead atoms. The van der Waals surface area contributed by atoms with E-state index in [2.05, 4.69) is 0 Å². The van der Waals surface area contributed by atoms with Crippen molar-refractivity contribution in [2.75, 3.05) is 0 Å². The average Bonchev–Trinajstić information content (AvgIpc) is 2.53. The summed E-state index contributed by atoms with van der Waals surface area (Å²) in [5.41, 5.74) is 1.64. The van der Waals surface area contributed by atoms with Crippen LogP contribution in [0.5, 0.6) is 0 Å². The fourth-order valence-electron chi connectivity index (χ4n) is 2.09. The van der Waals surface area contributed by atoms with Crippen LogP contribution in [0, 0.1) is 6.92 Å². The summed E-state index contributed by atoms with van der Waals surface area (Å²) in [5.74, 6) is 0. The van der Waals surface area contributed by atoms with Gasteiger partial charge in [0.15, 0.2) is 0 Å². The quantitative estimate of drug-likeness (QED) is 0.827. The Morgan fingerprint density at radius 3 is 2.17 bits per heavy atom. The minimum Gasteiger partial charge on any atom is -0.446 e. The van der Waals surface area contributed by atoms with Gasteiger partial charge in [-0.2, -0.15) is 4.31 Å². The van der Waals surface area contributed by atoms with Gasteiger partial charge in [-0.15, -0.1) is 0 Å². The van der Waals surface area contributed by atoms with E-state index in [0.29, 0.717) is 5.56 Å². The molecule has 1 amide bonds. The van der Waals surface area contributed by atoms with Crippen molar-refractivity contribution in [1.82, 2.24) is 4.31 Å². The Morgan fingerprint density at radius 2 is 1.62 bits per heavy atom. The third kappa shape index (κ3) is 4.35. The van der Waals surface area contributed by atoms with Crippen LogP contribution >= 0.6 is 0 Å². The van der Waals surface area contributed by atoms with E-state index in [4.69, 9.17) is 4.74 Å². The first-order chi connectivity index (χ1) is 11.3. The number of sulfonamides is 1. The zero-order valence-corrected chi connectivity index (χ0v) is 14.8. The molecule has 0 unspecified atom stereocenters. The summed E-state index contributed by atoms with van der Waals surface area (Å²) in [4.78, 5) is 12.4. The number of carbonyl (C=O) groups excluding carboxylic acids is 1. The molecule has 5 nitrogen and oxygen atoms in total. The molecule has 2 rings (SSSR count). The molecular formula is C18H21NO4S. The number of amides is 1. The first kappa shape index (κ1) is 18.0. The number of nitrogens with zero attached hydrogens (tertiary/aromatic N) is 1. The van der Waals surface area contributed by atoms with Crippen molar-refractivity contribution in [3.8, 4) is 0 Å². The van der Waals surface area contributed by atoms with Gasteiger partial charge in [0.1, 0.15) is 0 Å². The molecule has 0 heterocycles. The Morgan fingerprint density at radius 1 is 1.04 bits per heavy atom. The van der Waals surface area contributed by atoms with Gasteiger partial charge >= 0.3 is 6.09 Å². The molecule has 0 fully saturated rings. The van der Waals surface area contributed by atoms with Crippen LogP contribution in [0.25, 0.3) is 0 Å². The molecule has 24 heavy (non-hydrogen) atoms. The van der Waals surface area contributed by atoms with Gasteiger partial charge in [0.2, 0.25) is 0 Å². The van der Waals surface area contributed by atoms with Crippen LogP contribution in [0.4, 0.5) is 4.79 Å². The molecule has 0 radical (unpaired) electrons. The molecule has 0 aliphatic heterocycles. The van der Waals surface area contributed by atoms with Gasteiger partial charge in [-0.1, -0.05) is 48.0 Å². The molecule has 0 aliphatic rings. The molecule has 0 spiro atoms. The summed E-state index contributed by atoms with van der Waals surface area (Å²) < 4.78 is 31.7. The van der Waals surface area contributed by atoms with Gasteiger partial charge in [-0.05, 0) is 38.5 Å². The Balaban J connectivity index is 2.40. The van der Waals surface area contributed by atoms with Crippen molar-refractivity contribution in [2.24, 2.45) is 0 Å². The van der Waals surface area contributed by atoms with Crippen molar-refractivity contribution >= 4 is 16.1 Å². The molecule has 0 atom stereocenters. The van der Waals surface area contributed by atoms with E-state index in [1.165, 1.54) is 12.1 Å². The fourth-order valence-corrected chi connectivity index (χ4v) is 3.39. The molecular weight excluding hydrogens is 326 g/mol. The molecule has 0 N–H and O–H groups in total. The molecule has 0 saturated heterocycles. The highest BCUT2D eigenvalue weighted by Gasteiger charge is 2.31. The average molecular weight is 347 g/mol. The van der Waals surface area contributed by atoms with Gasteiger partial charge < -0.3 is 4.74 Å². The van der Waals surface area contributed by atoms with Gasteiger partial charge in [-0.25, -0.2) is 13.2 Å². The summed E-state index contributed by atoms with van der Waals surface area (Å²) in [7, 11) is -4.00. The highest BCUT2D eigenvalue weighted by Crippen LogP contribution is 2.20. The van der Waals surface area contributed by atoms with Crippen LogP contribution in [0.15, 0.2) is 59.5 Å². The second-order valence-corrected chi connectivity index (χ2v) is 7.61. The lowest BCUT2D eigenvalue weighted by atomic mass is 10.2. The molecule has 2 aromatic carbocycles. The molecule has 0 saturated carbocycles. The Hall–Kier alpha value is -2.34. The maximum Gasteiger partial charge on any atom is 0.424 e. The third-order valence-electron chi connectivity index (χ3n) is 3.32. The van der Waals surface area contributed by atoms with E-state index in [9.17, 15) is 13.2 Å². The van der Waals surface area contributed by atoms with Crippen LogP contribution in [-0.4, -0.2) is 24.9 Å². The van der Waals surface area contributed by atoms with E-state index in [0.717, 1.165) is 9.87 Å². The zero-order valence-electron chi connectivity index (χ0n) is 14.0. The number of ether oxygens (including phenoxy) is 1. The zero-order chi connectivity index (χ0) is 17.7. The van der Waals surface area contributed by atoms with E-state index in [1.54, 1.807) is 50.2 Å². The lowest BCUT2D eigenvalue weighted by Gasteiger charge is -2.23. The SMILES string of the molecule is Cc1ccc(S(=O)(=O)N(Cc2ccccc2)C(=O)OC(C)C)cc1. The Bertz CT molecular complexity index is 784. The standard InChI is InChI=1S/C18H21NO4S/c1-14(2)23-18(20)19(13-16-7-5-4-6-8-16)24(21,22)17-11-9-15(3)10-12-17/h4-12,14H,13H2,1-3H3. The second-order valence-electron chi connectivity index (χ2n) is 5.74. The molecule has 0 aliphatic carbocycles. The second kappa shape index (κ2) is 7.49. The van der Waals surface area contributed by atoms with E-state index in [1.807, 2.05) is 13.0 Å². The van der Waals surface area contributed by atoms with Gasteiger partial charge in [0.25, 0.3) is 10.0 Å². The van der Waals surface area contributed by atoms with Crippen molar-refractivity contribution in [3.63, 3.8) is 0 Å². The predicted octanol–water partition coefficient (Wildman–Crippen LogP) is 3.73. The summed E-state index contributed by atoms with van der Waals surface area (Å²) >= 11 is 0. The minimum absolute atomic E-state index is 0.0599. The van der Waals surface area contributed by atoms with Gasteiger partial charge in [-0.3, -0.25) is 0 Å². The maximum atomic E-state index is 12.9. The molecule has 6 heteroatoms. The molecule has 128 valence electrons. The molecule has 2 aromatic rings. The lowest BCUT2D eigenvalue weighted by molar-refractivity contribution is 0.0955. The van der Waals surface area contributed by atoms with E-state index in [-0.39, 0.29) is 11.4 Å². The van der Waals surface area contributed by atoms with E-state index >= 15 is 0 Å². The first-order valence-corrected chi connectivity index (χ1v) is 9.08. The van der Waals surface area contributed by atoms with Gasteiger partial charge in [0.05, 0.1) is 17.5 Å². The smallest absolute Gasteiger partial charge is 0.424 e. The molecule has 0 aromatic heterocycles. The topological polar surface area (TPSA) is 63.7 Å².